The molecule has 0 bridgehead atoms. The zero-order valence-electron chi connectivity index (χ0n) is 11.8. The van der Waals surface area contributed by atoms with E-state index in [1.165, 1.54) is 38.2 Å². The van der Waals surface area contributed by atoms with Crippen molar-refractivity contribution in [2.24, 2.45) is 5.92 Å². The van der Waals surface area contributed by atoms with Crippen LogP contribution in [-0.2, 0) is 0 Å². The maximum absolute atomic E-state index is 4.55. The van der Waals surface area contributed by atoms with Crippen LogP contribution in [0.15, 0.2) is 5.38 Å². The van der Waals surface area contributed by atoms with Crippen LogP contribution in [0.5, 0.6) is 0 Å². The van der Waals surface area contributed by atoms with E-state index < -0.39 is 0 Å². The summed E-state index contributed by atoms with van der Waals surface area (Å²) in [5, 5.41) is 6.98. The van der Waals surface area contributed by atoms with Crippen molar-refractivity contribution < 1.29 is 0 Å². The summed E-state index contributed by atoms with van der Waals surface area (Å²) in [6.45, 7) is 11.4. The summed E-state index contributed by atoms with van der Waals surface area (Å²) in [6.07, 6.45) is 2.67. The maximum Gasteiger partial charge on any atom is 0.0898 e. The SMILES string of the molecule is CCN1CCC(CNC(C)c2csc(C)n2)CC1. The van der Waals surface area contributed by atoms with Gasteiger partial charge in [0.25, 0.3) is 0 Å². The van der Waals surface area contributed by atoms with Gasteiger partial charge in [-0.1, -0.05) is 6.92 Å². The zero-order chi connectivity index (χ0) is 13.0. The van der Waals surface area contributed by atoms with Crippen LogP contribution in [0.25, 0.3) is 0 Å². The average molecular weight is 267 g/mol. The number of hydrogen-bond acceptors (Lipinski definition) is 4. The molecule has 0 radical (unpaired) electrons. The quantitative estimate of drug-likeness (QED) is 0.889. The van der Waals surface area contributed by atoms with Gasteiger partial charge in [0, 0.05) is 11.4 Å². The second-order valence-corrected chi connectivity index (χ2v) is 6.36. The average Bonchev–Trinajstić information content (AvgIpc) is 2.83. The van der Waals surface area contributed by atoms with Crippen molar-refractivity contribution in [1.29, 1.82) is 0 Å². The van der Waals surface area contributed by atoms with Crippen molar-refractivity contribution in [2.75, 3.05) is 26.2 Å². The lowest BCUT2D eigenvalue weighted by Crippen LogP contribution is -2.37. The normalized spacial score (nSPS) is 20.2. The minimum absolute atomic E-state index is 0.388. The van der Waals surface area contributed by atoms with Gasteiger partial charge in [0.05, 0.1) is 10.7 Å². The van der Waals surface area contributed by atoms with Crippen LogP contribution in [-0.4, -0.2) is 36.1 Å². The molecule has 2 rings (SSSR count). The van der Waals surface area contributed by atoms with Crippen LogP contribution < -0.4 is 5.32 Å². The van der Waals surface area contributed by atoms with Crippen LogP contribution in [0.1, 0.15) is 43.4 Å². The van der Waals surface area contributed by atoms with Gasteiger partial charge in [-0.05, 0) is 58.8 Å². The molecule has 3 nitrogen and oxygen atoms in total. The standard InChI is InChI=1S/C14H25N3S/c1-4-17-7-5-13(6-8-17)9-15-11(2)14-10-18-12(3)16-14/h10-11,13,15H,4-9H2,1-3H3. The van der Waals surface area contributed by atoms with Gasteiger partial charge >= 0.3 is 0 Å². The molecule has 0 amide bonds. The highest BCUT2D eigenvalue weighted by atomic mass is 32.1. The Balaban J connectivity index is 1.72. The van der Waals surface area contributed by atoms with Crippen LogP contribution in [0, 0.1) is 12.8 Å². The van der Waals surface area contributed by atoms with Crippen LogP contribution in [0.4, 0.5) is 0 Å². The highest BCUT2D eigenvalue weighted by Crippen LogP contribution is 2.19. The lowest BCUT2D eigenvalue weighted by molar-refractivity contribution is 0.188. The van der Waals surface area contributed by atoms with Crippen LogP contribution >= 0.6 is 11.3 Å². The second-order valence-electron chi connectivity index (χ2n) is 5.30. The second kappa shape index (κ2) is 6.64. The summed E-state index contributed by atoms with van der Waals surface area (Å²) in [6, 6.07) is 0.388. The van der Waals surface area contributed by atoms with Crippen LogP contribution in [0.3, 0.4) is 0 Å². The first-order chi connectivity index (χ1) is 8.69. The van der Waals surface area contributed by atoms with Crippen molar-refractivity contribution >= 4 is 11.3 Å². The lowest BCUT2D eigenvalue weighted by Gasteiger charge is -2.31. The van der Waals surface area contributed by atoms with Crippen LogP contribution in [0.2, 0.25) is 0 Å². The molecule has 1 unspecified atom stereocenters. The van der Waals surface area contributed by atoms with Gasteiger partial charge in [0.15, 0.2) is 0 Å². The van der Waals surface area contributed by atoms with E-state index in [9.17, 15) is 0 Å². The first-order valence-corrected chi connectivity index (χ1v) is 7.94. The minimum atomic E-state index is 0.388. The zero-order valence-corrected chi connectivity index (χ0v) is 12.6. The fraction of sp³-hybridized carbons (Fsp3) is 0.786. The molecule has 0 spiro atoms. The summed E-state index contributed by atoms with van der Waals surface area (Å²) >= 11 is 1.74. The summed E-state index contributed by atoms with van der Waals surface area (Å²) in [7, 11) is 0. The van der Waals surface area contributed by atoms with E-state index in [4.69, 9.17) is 0 Å². The number of hydrogen-bond donors (Lipinski definition) is 1. The Morgan fingerprint density at radius 3 is 2.78 bits per heavy atom. The van der Waals surface area contributed by atoms with Gasteiger partial charge in [-0.3, -0.25) is 0 Å². The molecule has 0 saturated carbocycles. The van der Waals surface area contributed by atoms with Crippen molar-refractivity contribution in [1.82, 2.24) is 15.2 Å². The fourth-order valence-electron chi connectivity index (χ4n) is 2.53. The van der Waals surface area contributed by atoms with Crippen molar-refractivity contribution in [3.05, 3.63) is 16.1 Å². The molecule has 1 atom stereocenters. The first kappa shape index (κ1) is 14.0. The third kappa shape index (κ3) is 3.77. The summed E-state index contributed by atoms with van der Waals surface area (Å²) in [4.78, 5) is 7.09. The monoisotopic (exact) mass is 267 g/mol. The highest BCUT2D eigenvalue weighted by Gasteiger charge is 2.18. The third-order valence-corrected chi connectivity index (χ3v) is 4.74. The molecule has 1 N–H and O–H groups in total. The largest absolute Gasteiger partial charge is 0.309 e. The molecule has 1 aromatic rings. The lowest BCUT2D eigenvalue weighted by atomic mass is 9.96. The van der Waals surface area contributed by atoms with E-state index in [2.05, 4.69) is 41.4 Å². The number of nitrogens with one attached hydrogen (secondary N) is 1. The summed E-state index contributed by atoms with van der Waals surface area (Å²) in [5.74, 6) is 0.843. The van der Waals surface area contributed by atoms with E-state index in [1.807, 2.05) is 0 Å². The Hall–Kier alpha value is -0.450. The fourth-order valence-corrected chi connectivity index (χ4v) is 3.24. The molecular weight excluding hydrogens is 242 g/mol. The molecule has 2 heterocycles. The Morgan fingerprint density at radius 2 is 2.22 bits per heavy atom. The molecule has 1 aromatic heterocycles. The number of rotatable bonds is 5. The van der Waals surface area contributed by atoms with Crippen molar-refractivity contribution in [2.45, 2.75) is 39.7 Å². The Bertz CT molecular complexity index is 356. The van der Waals surface area contributed by atoms with Gasteiger partial charge in [0.2, 0.25) is 0 Å². The summed E-state index contributed by atoms with van der Waals surface area (Å²) in [5.41, 5.74) is 1.20. The number of likely N-dealkylation sites (tertiary alicyclic amines) is 1. The van der Waals surface area contributed by atoms with Gasteiger partial charge in [-0.25, -0.2) is 4.98 Å². The molecule has 18 heavy (non-hydrogen) atoms. The number of piperidine rings is 1. The van der Waals surface area contributed by atoms with E-state index in [0.29, 0.717) is 6.04 Å². The van der Waals surface area contributed by atoms with Crippen molar-refractivity contribution in [3.8, 4) is 0 Å². The topological polar surface area (TPSA) is 28.2 Å². The molecule has 102 valence electrons. The molecular formula is C14H25N3S. The molecule has 1 aliphatic rings. The Morgan fingerprint density at radius 1 is 1.50 bits per heavy atom. The molecule has 1 fully saturated rings. The third-order valence-electron chi connectivity index (χ3n) is 3.95. The van der Waals surface area contributed by atoms with Gasteiger partial charge < -0.3 is 10.2 Å². The van der Waals surface area contributed by atoms with E-state index in [0.717, 1.165) is 17.5 Å². The maximum atomic E-state index is 4.55. The molecule has 4 heteroatoms. The number of thiazole rings is 1. The van der Waals surface area contributed by atoms with Gasteiger partial charge in [-0.15, -0.1) is 11.3 Å². The number of aromatic nitrogens is 1. The summed E-state index contributed by atoms with van der Waals surface area (Å²) < 4.78 is 0. The smallest absolute Gasteiger partial charge is 0.0898 e. The van der Waals surface area contributed by atoms with E-state index in [-0.39, 0.29) is 0 Å². The molecule has 1 saturated heterocycles. The Labute approximate surface area is 115 Å². The van der Waals surface area contributed by atoms with Crippen molar-refractivity contribution in [3.63, 3.8) is 0 Å². The van der Waals surface area contributed by atoms with Gasteiger partial charge in [-0.2, -0.15) is 0 Å². The van der Waals surface area contributed by atoms with Gasteiger partial charge in [0.1, 0.15) is 0 Å². The molecule has 0 aliphatic carbocycles. The predicted molar refractivity (Wildman–Crippen MR) is 78.1 cm³/mol. The minimum Gasteiger partial charge on any atom is -0.309 e. The predicted octanol–water partition coefficient (Wildman–Crippen LogP) is 2.83. The molecule has 1 aliphatic heterocycles. The van der Waals surface area contributed by atoms with E-state index in [1.54, 1.807) is 11.3 Å². The van der Waals surface area contributed by atoms with E-state index >= 15 is 0 Å². The number of aryl methyl sites for hydroxylation is 1. The highest BCUT2D eigenvalue weighted by molar-refractivity contribution is 7.09. The number of nitrogens with zero attached hydrogens (tertiary/aromatic N) is 2. The molecule has 0 aromatic carbocycles. The first-order valence-electron chi connectivity index (χ1n) is 7.06. The Kier molecular flexibility index (Phi) is 5.15.